The molecule has 158 valence electrons. The van der Waals surface area contributed by atoms with E-state index in [4.69, 9.17) is 9.47 Å². The average Bonchev–Trinajstić information content (AvgIpc) is 3.24. The molecule has 3 aromatic rings. The Bertz CT molecular complexity index is 1130. The zero-order valence-electron chi connectivity index (χ0n) is 17.0. The van der Waals surface area contributed by atoms with Gasteiger partial charge in [-0.1, -0.05) is 17.7 Å². The van der Waals surface area contributed by atoms with Gasteiger partial charge in [-0.3, -0.25) is 9.10 Å². The maximum Gasteiger partial charge on any atom is 0.267 e. The number of sulfonamides is 1. The Morgan fingerprint density at radius 3 is 2.17 bits per heavy atom. The molecule has 9 heteroatoms. The number of nitrogens with one attached hydrogen (secondary N) is 1. The number of methoxy groups -OCH3 is 2. The smallest absolute Gasteiger partial charge is 0.267 e. The molecule has 0 aliphatic carbocycles. The second kappa shape index (κ2) is 8.76. The molecule has 0 unspecified atom stereocenters. The maximum absolute atomic E-state index is 13.2. The van der Waals surface area contributed by atoms with Crippen molar-refractivity contribution in [1.82, 2.24) is 0 Å². The third-order valence-electron chi connectivity index (χ3n) is 4.48. The molecule has 0 bridgehead atoms. The Morgan fingerprint density at radius 2 is 1.60 bits per heavy atom. The van der Waals surface area contributed by atoms with Crippen molar-refractivity contribution in [3.63, 3.8) is 0 Å². The Labute approximate surface area is 179 Å². The lowest BCUT2D eigenvalue weighted by Gasteiger charge is -2.20. The predicted molar refractivity (Wildman–Crippen MR) is 119 cm³/mol. The second-order valence-electron chi connectivity index (χ2n) is 6.48. The van der Waals surface area contributed by atoms with Crippen LogP contribution in [0.4, 0.5) is 11.4 Å². The fourth-order valence-electron chi connectivity index (χ4n) is 2.77. The number of carbonyl (C=O) groups is 1. The van der Waals surface area contributed by atoms with Gasteiger partial charge in [0.25, 0.3) is 15.9 Å². The molecule has 3 rings (SSSR count). The first-order valence-corrected chi connectivity index (χ1v) is 11.3. The Morgan fingerprint density at radius 1 is 1.00 bits per heavy atom. The van der Waals surface area contributed by atoms with Gasteiger partial charge in [-0.25, -0.2) is 8.42 Å². The zero-order valence-corrected chi connectivity index (χ0v) is 18.6. The highest BCUT2D eigenvalue weighted by molar-refractivity contribution is 7.93. The number of anilines is 2. The number of amides is 1. The van der Waals surface area contributed by atoms with Crippen LogP contribution in [0.2, 0.25) is 0 Å². The van der Waals surface area contributed by atoms with Crippen molar-refractivity contribution in [1.29, 1.82) is 0 Å². The van der Waals surface area contributed by atoms with Crippen LogP contribution >= 0.6 is 11.3 Å². The lowest BCUT2D eigenvalue weighted by molar-refractivity contribution is 0.102. The van der Waals surface area contributed by atoms with Crippen LogP contribution in [-0.2, 0) is 10.0 Å². The van der Waals surface area contributed by atoms with Crippen molar-refractivity contribution in [3.05, 3.63) is 64.4 Å². The predicted octanol–water partition coefficient (Wildman–Crippen LogP) is 4.15. The molecule has 0 aliphatic rings. The standard InChI is InChI=1S/C21H22N2O5S2/c1-14-5-7-16(8-6-14)23(2)30(25,26)19-9-10-29-20(19)21(24)22-15-11-17(27-3)13-18(12-15)28-4/h5-13H,1-4H3,(H,22,24). The van der Waals surface area contributed by atoms with E-state index in [1.807, 2.05) is 19.1 Å². The minimum atomic E-state index is -3.92. The molecular weight excluding hydrogens is 424 g/mol. The third-order valence-corrected chi connectivity index (χ3v) is 7.35. The third kappa shape index (κ3) is 4.42. The number of carbonyl (C=O) groups excluding carboxylic acids is 1. The van der Waals surface area contributed by atoms with E-state index in [2.05, 4.69) is 5.32 Å². The van der Waals surface area contributed by atoms with Gasteiger partial charge in [0.05, 0.1) is 19.9 Å². The molecule has 0 saturated carbocycles. The van der Waals surface area contributed by atoms with Gasteiger partial charge in [0, 0.05) is 30.9 Å². The number of rotatable bonds is 7. The molecule has 0 saturated heterocycles. The molecule has 1 aromatic heterocycles. The second-order valence-corrected chi connectivity index (χ2v) is 9.33. The number of aryl methyl sites for hydroxylation is 1. The normalized spacial score (nSPS) is 11.1. The summed E-state index contributed by atoms with van der Waals surface area (Å²) in [6.07, 6.45) is 0. The summed E-state index contributed by atoms with van der Waals surface area (Å²) in [6, 6.07) is 13.5. The number of benzene rings is 2. The first-order chi connectivity index (χ1) is 14.3. The number of nitrogens with zero attached hydrogens (tertiary/aromatic N) is 1. The van der Waals surface area contributed by atoms with Crippen molar-refractivity contribution in [2.75, 3.05) is 30.9 Å². The van der Waals surface area contributed by atoms with E-state index in [0.717, 1.165) is 16.9 Å². The van der Waals surface area contributed by atoms with Gasteiger partial charge in [0.15, 0.2) is 0 Å². The topological polar surface area (TPSA) is 84.9 Å². The van der Waals surface area contributed by atoms with E-state index in [-0.39, 0.29) is 9.77 Å². The molecule has 1 amide bonds. The highest BCUT2D eigenvalue weighted by atomic mass is 32.2. The molecule has 2 aromatic carbocycles. The fourth-order valence-corrected chi connectivity index (χ4v) is 5.26. The van der Waals surface area contributed by atoms with Crippen molar-refractivity contribution >= 4 is 38.6 Å². The Balaban J connectivity index is 1.90. The van der Waals surface area contributed by atoms with Crippen LogP contribution < -0.4 is 19.1 Å². The van der Waals surface area contributed by atoms with Crippen molar-refractivity contribution in [3.8, 4) is 11.5 Å². The van der Waals surface area contributed by atoms with Gasteiger partial charge in [0.2, 0.25) is 0 Å². The number of hydrogen-bond donors (Lipinski definition) is 1. The van der Waals surface area contributed by atoms with Crippen LogP contribution in [0.15, 0.2) is 58.8 Å². The first kappa shape index (κ1) is 21.7. The fraction of sp³-hybridized carbons (Fsp3) is 0.190. The molecule has 0 spiro atoms. The van der Waals surface area contributed by atoms with Gasteiger partial charge < -0.3 is 14.8 Å². The van der Waals surface area contributed by atoms with Crippen molar-refractivity contribution in [2.24, 2.45) is 0 Å². The molecular formula is C21H22N2O5S2. The van der Waals surface area contributed by atoms with Crippen molar-refractivity contribution < 1.29 is 22.7 Å². The summed E-state index contributed by atoms with van der Waals surface area (Å²) in [6.45, 7) is 1.92. The summed E-state index contributed by atoms with van der Waals surface area (Å²) < 4.78 is 37.9. The van der Waals surface area contributed by atoms with E-state index >= 15 is 0 Å². The van der Waals surface area contributed by atoms with Crippen LogP contribution in [0.1, 0.15) is 15.2 Å². The summed E-state index contributed by atoms with van der Waals surface area (Å²) in [5.74, 6) is 0.474. The SMILES string of the molecule is COc1cc(NC(=O)c2sccc2S(=O)(=O)N(C)c2ccc(C)cc2)cc(OC)c1. The number of ether oxygens (including phenoxy) is 2. The number of thiophene rings is 1. The van der Waals surface area contributed by atoms with Crippen LogP contribution in [0.5, 0.6) is 11.5 Å². The van der Waals surface area contributed by atoms with Gasteiger partial charge in [-0.2, -0.15) is 0 Å². The van der Waals surface area contributed by atoms with Crippen LogP contribution in [0.3, 0.4) is 0 Å². The summed E-state index contributed by atoms with van der Waals surface area (Å²) >= 11 is 1.06. The molecule has 0 fully saturated rings. The average molecular weight is 447 g/mol. The summed E-state index contributed by atoms with van der Waals surface area (Å²) in [5.41, 5.74) is 1.96. The summed E-state index contributed by atoms with van der Waals surface area (Å²) in [7, 11) is 0.553. The van der Waals surface area contributed by atoms with E-state index in [1.165, 1.54) is 31.6 Å². The zero-order chi connectivity index (χ0) is 21.9. The molecule has 0 radical (unpaired) electrons. The van der Waals surface area contributed by atoms with Gasteiger partial charge in [-0.15, -0.1) is 11.3 Å². The minimum absolute atomic E-state index is 0.0528. The number of hydrogen-bond acceptors (Lipinski definition) is 6. The van der Waals surface area contributed by atoms with E-state index in [0.29, 0.717) is 22.9 Å². The van der Waals surface area contributed by atoms with Crippen LogP contribution in [0.25, 0.3) is 0 Å². The lowest BCUT2D eigenvalue weighted by atomic mass is 10.2. The molecule has 0 aliphatic heterocycles. The monoisotopic (exact) mass is 446 g/mol. The highest BCUT2D eigenvalue weighted by Gasteiger charge is 2.28. The van der Waals surface area contributed by atoms with E-state index < -0.39 is 15.9 Å². The Hall–Kier alpha value is -3.04. The maximum atomic E-state index is 13.2. The minimum Gasteiger partial charge on any atom is -0.497 e. The highest BCUT2D eigenvalue weighted by Crippen LogP contribution is 2.30. The largest absolute Gasteiger partial charge is 0.497 e. The molecule has 1 heterocycles. The van der Waals surface area contributed by atoms with E-state index in [1.54, 1.807) is 35.7 Å². The van der Waals surface area contributed by atoms with Gasteiger partial charge in [0.1, 0.15) is 21.3 Å². The van der Waals surface area contributed by atoms with Crippen molar-refractivity contribution in [2.45, 2.75) is 11.8 Å². The van der Waals surface area contributed by atoms with Crippen LogP contribution in [-0.4, -0.2) is 35.6 Å². The Kier molecular flexibility index (Phi) is 6.33. The van der Waals surface area contributed by atoms with Gasteiger partial charge >= 0.3 is 0 Å². The quantitative estimate of drug-likeness (QED) is 0.589. The molecule has 7 nitrogen and oxygen atoms in total. The summed E-state index contributed by atoms with van der Waals surface area (Å²) in [5, 5.41) is 4.30. The van der Waals surface area contributed by atoms with E-state index in [9.17, 15) is 13.2 Å². The lowest BCUT2D eigenvalue weighted by Crippen LogP contribution is -2.28. The summed E-state index contributed by atoms with van der Waals surface area (Å²) in [4.78, 5) is 12.9. The van der Waals surface area contributed by atoms with Crippen LogP contribution in [0, 0.1) is 6.92 Å². The van der Waals surface area contributed by atoms with Gasteiger partial charge in [-0.05, 0) is 30.5 Å². The molecule has 1 N–H and O–H groups in total. The first-order valence-electron chi connectivity index (χ1n) is 8.93. The molecule has 30 heavy (non-hydrogen) atoms. The molecule has 0 atom stereocenters.